The summed E-state index contributed by atoms with van der Waals surface area (Å²) in [6, 6.07) is 6.41. The Morgan fingerprint density at radius 3 is 2.84 bits per heavy atom. The number of hydrogen-bond donors (Lipinski definition) is 1. The third-order valence-electron chi connectivity index (χ3n) is 4.86. The SMILES string of the molecule is CC[C@@H](C)N(CC(=O)O)C(=O)[C@H]1CCCN(Cc2cccc(F)c2)C1. The van der Waals surface area contributed by atoms with Crippen LogP contribution in [0, 0.1) is 11.7 Å². The predicted octanol–water partition coefficient (Wildman–Crippen LogP) is 2.75. The van der Waals surface area contributed by atoms with Crippen molar-refractivity contribution in [3.63, 3.8) is 0 Å². The second kappa shape index (κ2) is 8.94. The fourth-order valence-corrected chi connectivity index (χ4v) is 3.35. The molecule has 0 bridgehead atoms. The smallest absolute Gasteiger partial charge is 0.323 e. The standard InChI is InChI=1S/C19H27FN2O3/c1-3-14(2)22(13-18(23)24)19(25)16-7-5-9-21(12-16)11-15-6-4-8-17(20)10-15/h4,6,8,10,14,16H,3,5,7,9,11-13H2,1-2H3,(H,23,24)/t14-,16+/m1/s1. The Balaban J connectivity index is 2.02. The lowest BCUT2D eigenvalue weighted by Crippen LogP contribution is -2.49. The molecule has 0 spiro atoms. The molecule has 1 aliphatic heterocycles. The van der Waals surface area contributed by atoms with Gasteiger partial charge in [0.1, 0.15) is 12.4 Å². The maximum Gasteiger partial charge on any atom is 0.323 e. The van der Waals surface area contributed by atoms with Gasteiger partial charge in [-0.05, 0) is 50.4 Å². The molecule has 1 saturated heterocycles. The second-order valence-corrected chi connectivity index (χ2v) is 6.82. The number of amides is 1. The minimum Gasteiger partial charge on any atom is -0.480 e. The van der Waals surface area contributed by atoms with E-state index in [0.717, 1.165) is 31.4 Å². The number of aliphatic carboxylic acids is 1. The molecule has 1 fully saturated rings. The van der Waals surface area contributed by atoms with Gasteiger partial charge in [0, 0.05) is 19.1 Å². The molecule has 138 valence electrons. The summed E-state index contributed by atoms with van der Waals surface area (Å²) in [6.07, 6.45) is 2.37. The zero-order valence-corrected chi connectivity index (χ0v) is 14.9. The summed E-state index contributed by atoms with van der Waals surface area (Å²) in [5, 5.41) is 9.11. The number of carboxylic acids is 1. The molecule has 2 atom stereocenters. The van der Waals surface area contributed by atoms with E-state index in [-0.39, 0.29) is 30.2 Å². The normalized spacial score (nSPS) is 19.4. The van der Waals surface area contributed by atoms with Crippen molar-refractivity contribution < 1.29 is 19.1 Å². The lowest BCUT2D eigenvalue weighted by molar-refractivity contribution is -0.149. The average molecular weight is 350 g/mol. The van der Waals surface area contributed by atoms with Crippen molar-refractivity contribution in [1.29, 1.82) is 0 Å². The van der Waals surface area contributed by atoms with Gasteiger partial charge >= 0.3 is 5.97 Å². The lowest BCUT2D eigenvalue weighted by atomic mass is 9.95. The van der Waals surface area contributed by atoms with Crippen molar-refractivity contribution in [1.82, 2.24) is 9.80 Å². The molecule has 0 radical (unpaired) electrons. The first-order valence-corrected chi connectivity index (χ1v) is 8.89. The fraction of sp³-hybridized carbons (Fsp3) is 0.579. The van der Waals surface area contributed by atoms with E-state index in [9.17, 15) is 14.0 Å². The largest absolute Gasteiger partial charge is 0.480 e. The Kier molecular flexibility index (Phi) is 6.93. The van der Waals surface area contributed by atoms with Crippen LogP contribution in [0.4, 0.5) is 4.39 Å². The van der Waals surface area contributed by atoms with Gasteiger partial charge in [-0.3, -0.25) is 14.5 Å². The Hall–Kier alpha value is -1.95. The highest BCUT2D eigenvalue weighted by atomic mass is 19.1. The molecule has 25 heavy (non-hydrogen) atoms. The number of carbonyl (C=O) groups excluding carboxylic acids is 1. The van der Waals surface area contributed by atoms with E-state index < -0.39 is 5.97 Å². The van der Waals surface area contributed by atoms with Gasteiger partial charge in [0.25, 0.3) is 0 Å². The van der Waals surface area contributed by atoms with E-state index >= 15 is 0 Å². The third kappa shape index (κ3) is 5.53. The molecule has 0 unspecified atom stereocenters. The van der Waals surface area contributed by atoms with E-state index in [1.54, 1.807) is 6.07 Å². The minimum absolute atomic E-state index is 0.0827. The van der Waals surface area contributed by atoms with Crippen LogP contribution in [0.5, 0.6) is 0 Å². The number of likely N-dealkylation sites (tertiary alicyclic amines) is 1. The number of halogens is 1. The molecule has 0 aliphatic carbocycles. The number of hydrogen-bond acceptors (Lipinski definition) is 3. The number of nitrogens with zero attached hydrogens (tertiary/aromatic N) is 2. The lowest BCUT2D eigenvalue weighted by Gasteiger charge is -2.36. The minimum atomic E-state index is -0.985. The average Bonchev–Trinajstić information content (AvgIpc) is 2.58. The molecule has 1 aliphatic rings. The molecule has 1 N–H and O–H groups in total. The summed E-state index contributed by atoms with van der Waals surface area (Å²) in [4.78, 5) is 27.6. The molecular weight excluding hydrogens is 323 g/mol. The highest BCUT2D eigenvalue weighted by molar-refractivity contribution is 5.83. The Morgan fingerprint density at radius 1 is 1.44 bits per heavy atom. The first-order chi connectivity index (χ1) is 11.9. The van der Waals surface area contributed by atoms with Gasteiger partial charge in [0.15, 0.2) is 0 Å². The van der Waals surface area contributed by atoms with Gasteiger partial charge in [-0.25, -0.2) is 4.39 Å². The third-order valence-corrected chi connectivity index (χ3v) is 4.86. The van der Waals surface area contributed by atoms with Gasteiger partial charge in [-0.15, -0.1) is 0 Å². The van der Waals surface area contributed by atoms with E-state index in [2.05, 4.69) is 4.90 Å². The van der Waals surface area contributed by atoms with Crippen LogP contribution in [-0.2, 0) is 16.1 Å². The zero-order valence-electron chi connectivity index (χ0n) is 14.9. The van der Waals surface area contributed by atoms with E-state index in [1.165, 1.54) is 17.0 Å². The van der Waals surface area contributed by atoms with Crippen molar-refractivity contribution in [2.75, 3.05) is 19.6 Å². The van der Waals surface area contributed by atoms with Crippen LogP contribution in [-0.4, -0.2) is 52.5 Å². The summed E-state index contributed by atoms with van der Waals surface area (Å²) >= 11 is 0. The van der Waals surface area contributed by atoms with Crippen LogP contribution in [0.2, 0.25) is 0 Å². The predicted molar refractivity (Wildman–Crippen MR) is 93.5 cm³/mol. The Morgan fingerprint density at radius 2 is 2.20 bits per heavy atom. The maximum atomic E-state index is 13.3. The number of benzene rings is 1. The topological polar surface area (TPSA) is 60.9 Å². The Bertz CT molecular complexity index is 608. The van der Waals surface area contributed by atoms with Crippen molar-refractivity contribution >= 4 is 11.9 Å². The maximum absolute atomic E-state index is 13.3. The van der Waals surface area contributed by atoms with Gasteiger partial charge < -0.3 is 10.0 Å². The molecule has 1 aromatic carbocycles. The highest BCUT2D eigenvalue weighted by Gasteiger charge is 2.32. The van der Waals surface area contributed by atoms with Crippen molar-refractivity contribution in [3.8, 4) is 0 Å². The first kappa shape index (κ1) is 19.4. The number of rotatable bonds is 7. The van der Waals surface area contributed by atoms with Crippen LogP contribution >= 0.6 is 0 Å². The molecule has 2 rings (SSSR count). The number of carbonyl (C=O) groups is 2. The first-order valence-electron chi connectivity index (χ1n) is 8.89. The molecule has 6 heteroatoms. The van der Waals surface area contributed by atoms with E-state index in [0.29, 0.717) is 13.1 Å². The summed E-state index contributed by atoms with van der Waals surface area (Å²) in [5.74, 6) is -1.52. The van der Waals surface area contributed by atoms with Gasteiger partial charge in [-0.2, -0.15) is 0 Å². The second-order valence-electron chi connectivity index (χ2n) is 6.82. The monoisotopic (exact) mass is 350 g/mol. The van der Waals surface area contributed by atoms with Crippen LogP contribution in [0.1, 0.15) is 38.7 Å². The molecule has 0 saturated carbocycles. The van der Waals surface area contributed by atoms with Crippen LogP contribution in [0.3, 0.4) is 0 Å². The summed E-state index contributed by atoms with van der Waals surface area (Å²) in [7, 11) is 0. The summed E-state index contributed by atoms with van der Waals surface area (Å²) in [6.45, 7) is 5.63. The van der Waals surface area contributed by atoms with Crippen molar-refractivity contribution in [2.24, 2.45) is 5.92 Å². The van der Waals surface area contributed by atoms with Crippen LogP contribution < -0.4 is 0 Å². The quantitative estimate of drug-likeness (QED) is 0.821. The van der Waals surface area contributed by atoms with Crippen LogP contribution in [0.25, 0.3) is 0 Å². The van der Waals surface area contributed by atoms with Crippen molar-refractivity contribution in [2.45, 2.75) is 45.7 Å². The van der Waals surface area contributed by atoms with Crippen molar-refractivity contribution in [3.05, 3.63) is 35.6 Å². The highest BCUT2D eigenvalue weighted by Crippen LogP contribution is 2.22. The Labute approximate surface area is 148 Å². The van der Waals surface area contributed by atoms with Gasteiger partial charge in [0.05, 0.1) is 5.92 Å². The molecule has 5 nitrogen and oxygen atoms in total. The number of piperidine rings is 1. The van der Waals surface area contributed by atoms with Gasteiger partial charge in [-0.1, -0.05) is 19.1 Å². The summed E-state index contributed by atoms with van der Waals surface area (Å²) < 4.78 is 13.3. The van der Waals surface area contributed by atoms with Crippen LogP contribution in [0.15, 0.2) is 24.3 Å². The summed E-state index contributed by atoms with van der Waals surface area (Å²) in [5.41, 5.74) is 0.886. The van der Waals surface area contributed by atoms with E-state index in [4.69, 9.17) is 5.11 Å². The van der Waals surface area contributed by atoms with Gasteiger partial charge in [0.2, 0.25) is 5.91 Å². The molecule has 1 amide bonds. The van der Waals surface area contributed by atoms with E-state index in [1.807, 2.05) is 19.9 Å². The fourth-order valence-electron chi connectivity index (χ4n) is 3.35. The number of carboxylic acid groups (broad SMARTS) is 1. The molecular formula is C19H27FN2O3. The zero-order chi connectivity index (χ0) is 18.4. The molecule has 1 heterocycles. The molecule has 0 aromatic heterocycles. The molecule has 1 aromatic rings.